The highest BCUT2D eigenvalue weighted by Gasteiger charge is 2.20. The summed E-state index contributed by atoms with van der Waals surface area (Å²) in [6, 6.07) is 7.28. The van der Waals surface area contributed by atoms with Gasteiger partial charge in [0.05, 0.1) is 19.4 Å². The fourth-order valence-corrected chi connectivity index (χ4v) is 3.12. The van der Waals surface area contributed by atoms with Crippen molar-refractivity contribution in [3.8, 4) is 17.6 Å². The quantitative estimate of drug-likeness (QED) is 0.566. The predicted molar refractivity (Wildman–Crippen MR) is 106 cm³/mol. The van der Waals surface area contributed by atoms with Gasteiger partial charge in [-0.1, -0.05) is 23.3 Å². The number of methoxy groups -OCH3 is 1. The van der Waals surface area contributed by atoms with Gasteiger partial charge in [0.2, 0.25) is 0 Å². The SMILES string of the molecule is COc1cccc(C#Cc2sc(NC(=O)NCCOCC3CC3)nc2C)c1. The van der Waals surface area contributed by atoms with E-state index in [4.69, 9.17) is 9.47 Å². The summed E-state index contributed by atoms with van der Waals surface area (Å²) in [7, 11) is 1.63. The largest absolute Gasteiger partial charge is 0.497 e. The minimum absolute atomic E-state index is 0.286. The number of aryl methyl sites for hydroxylation is 1. The molecule has 1 heterocycles. The Labute approximate surface area is 163 Å². The Morgan fingerprint density at radius 1 is 1.37 bits per heavy atom. The molecule has 1 aliphatic rings. The highest BCUT2D eigenvalue weighted by molar-refractivity contribution is 7.16. The number of thiazole rings is 1. The third-order valence-corrected chi connectivity index (χ3v) is 4.98. The Bertz CT molecular complexity index is 850. The number of aromatic nitrogens is 1. The summed E-state index contributed by atoms with van der Waals surface area (Å²) in [6.45, 7) is 3.68. The van der Waals surface area contributed by atoms with E-state index in [1.165, 1.54) is 24.2 Å². The molecule has 1 fully saturated rings. The molecule has 3 rings (SSSR count). The number of nitrogens with zero attached hydrogens (tertiary/aromatic N) is 1. The van der Waals surface area contributed by atoms with E-state index in [1.54, 1.807) is 7.11 Å². The average Bonchev–Trinajstić information content (AvgIpc) is 3.42. The van der Waals surface area contributed by atoms with Crippen molar-refractivity contribution in [2.24, 2.45) is 5.92 Å². The van der Waals surface area contributed by atoms with E-state index >= 15 is 0 Å². The molecule has 0 atom stereocenters. The summed E-state index contributed by atoms with van der Waals surface area (Å²) in [5, 5.41) is 6.04. The van der Waals surface area contributed by atoms with Gasteiger partial charge >= 0.3 is 6.03 Å². The second kappa shape index (κ2) is 9.40. The third kappa shape index (κ3) is 6.27. The monoisotopic (exact) mass is 385 g/mol. The molecule has 0 radical (unpaired) electrons. The Balaban J connectivity index is 1.49. The van der Waals surface area contributed by atoms with E-state index < -0.39 is 0 Å². The standard InChI is InChI=1S/C20H23N3O3S/c1-14-18(9-8-15-4-3-5-17(12-15)25-2)27-20(22-14)23-19(24)21-10-11-26-13-16-6-7-16/h3-5,12,16H,6-7,10-11,13H2,1-2H3,(H2,21,22,23,24). The number of urea groups is 1. The van der Waals surface area contributed by atoms with E-state index in [-0.39, 0.29) is 6.03 Å². The normalized spacial score (nSPS) is 12.8. The van der Waals surface area contributed by atoms with Gasteiger partial charge < -0.3 is 14.8 Å². The first kappa shape index (κ1) is 19.2. The molecule has 0 bridgehead atoms. The minimum Gasteiger partial charge on any atom is -0.497 e. The molecule has 0 spiro atoms. The number of ether oxygens (including phenoxy) is 2. The summed E-state index contributed by atoms with van der Waals surface area (Å²) in [4.78, 5) is 17.1. The van der Waals surface area contributed by atoms with Crippen molar-refractivity contribution < 1.29 is 14.3 Å². The molecule has 2 aromatic rings. The smallest absolute Gasteiger partial charge is 0.321 e. The lowest BCUT2D eigenvalue weighted by molar-refractivity contribution is 0.127. The molecule has 2 amide bonds. The van der Waals surface area contributed by atoms with Gasteiger partial charge in [-0.2, -0.15) is 0 Å². The zero-order valence-electron chi connectivity index (χ0n) is 15.5. The average molecular weight is 385 g/mol. The van der Waals surface area contributed by atoms with Crippen molar-refractivity contribution in [1.82, 2.24) is 10.3 Å². The van der Waals surface area contributed by atoms with Crippen LogP contribution in [0.3, 0.4) is 0 Å². The van der Waals surface area contributed by atoms with Crippen LogP contribution in [0.2, 0.25) is 0 Å². The molecule has 0 saturated heterocycles. The first-order valence-electron chi connectivity index (χ1n) is 8.90. The van der Waals surface area contributed by atoms with E-state index in [1.807, 2.05) is 31.2 Å². The number of anilines is 1. The zero-order valence-corrected chi connectivity index (χ0v) is 16.3. The topological polar surface area (TPSA) is 72.5 Å². The minimum atomic E-state index is -0.286. The lowest BCUT2D eigenvalue weighted by Crippen LogP contribution is -2.31. The number of hydrogen-bond acceptors (Lipinski definition) is 5. The number of carbonyl (C=O) groups excluding carboxylic acids is 1. The van der Waals surface area contributed by atoms with Crippen molar-refractivity contribution >= 4 is 22.5 Å². The van der Waals surface area contributed by atoms with Crippen LogP contribution in [-0.4, -0.2) is 37.9 Å². The predicted octanol–water partition coefficient (Wildman–Crippen LogP) is 3.41. The van der Waals surface area contributed by atoms with Crippen molar-refractivity contribution in [1.29, 1.82) is 0 Å². The molecule has 2 N–H and O–H groups in total. The zero-order chi connectivity index (χ0) is 19.1. The Morgan fingerprint density at radius 2 is 2.22 bits per heavy atom. The van der Waals surface area contributed by atoms with E-state index in [0.717, 1.165) is 34.4 Å². The maximum absolute atomic E-state index is 11.9. The molecule has 1 aliphatic carbocycles. The summed E-state index contributed by atoms with van der Waals surface area (Å²) >= 11 is 1.35. The Morgan fingerprint density at radius 3 is 3.00 bits per heavy atom. The highest BCUT2D eigenvalue weighted by Crippen LogP contribution is 2.28. The number of nitrogens with one attached hydrogen (secondary N) is 2. The maximum atomic E-state index is 11.9. The number of amides is 2. The molecule has 0 aliphatic heterocycles. The summed E-state index contributed by atoms with van der Waals surface area (Å²) in [5.41, 5.74) is 1.65. The molecule has 1 aromatic carbocycles. The van der Waals surface area contributed by atoms with Crippen LogP contribution in [0.4, 0.5) is 9.93 Å². The van der Waals surface area contributed by atoms with Crippen molar-refractivity contribution in [3.63, 3.8) is 0 Å². The first-order chi connectivity index (χ1) is 13.1. The molecule has 1 aromatic heterocycles. The molecule has 0 unspecified atom stereocenters. The number of carbonyl (C=O) groups is 1. The first-order valence-corrected chi connectivity index (χ1v) is 9.72. The molecular weight excluding hydrogens is 362 g/mol. The second-order valence-electron chi connectivity index (χ2n) is 6.31. The second-order valence-corrected chi connectivity index (χ2v) is 7.31. The van der Waals surface area contributed by atoms with Gasteiger partial charge in [0, 0.05) is 18.7 Å². The van der Waals surface area contributed by atoms with Crippen LogP contribution in [0.25, 0.3) is 0 Å². The molecular formula is C20H23N3O3S. The van der Waals surface area contributed by atoms with Crippen LogP contribution in [0.5, 0.6) is 5.75 Å². The maximum Gasteiger partial charge on any atom is 0.321 e. The molecule has 27 heavy (non-hydrogen) atoms. The van der Waals surface area contributed by atoms with Crippen molar-refractivity contribution in [2.45, 2.75) is 19.8 Å². The van der Waals surface area contributed by atoms with Gasteiger partial charge in [-0.25, -0.2) is 9.78 Å². The van der Waals surface area contributed by atoms with Crippen molar-refractivity contribution in [3.05, 3.63) is 40.4 Å². The Kier molecular flexibility index (Phi) is 6.69. The fraction of sp³-hybridized carbons (Fsp3) is 0.400. The van der Waals surface area contributed by atoms with Crippen LogP contribution >= 0.6 is 11.3 Å². The van der Waals surface area contributed by atoms with Crippen LogP contribution in [0.15, 0.2) is 24.3 Å². The van der Waals surface area contributed by atoms with Crippen molar-refractivity contribution in [2.75, 3.05) is 32.2 Å². The van der Waals surface area contributed by atoms with Gasteiger partial charge in [-0.15, -0.1) is 0 Å². The lowest BCUT2D eigenvalue weighted by Gasteiger charge is -2.05. The summed E-state index contributed by atoms with van der Waals surface area (Å²) in [5.74, 6) is 7.71. The molecule has 6 nitrogen and oxygen atoms in total. The molecule has 1 saturated carbocycles. The van der Waals surface area contributed by atoms with Crippen LogP contribution in [-0.2, 0) is 4.74 Å². The number of rotatable bonds is 7. The summed E-state index contributed by atoms with van der Waals surface area (Å²) < 4.78 is 10.7. The summed E-state index contributed by atoms with van der Waals surface area (Å²) in [6.07, 6.45) is 2.53. The lowest BCUT2D eigenvalue weighted by atomic mass is 10.2. The van der Waals surface area contributed by atoms with Crippen LogP contribution in [0, 0.1) is 24.7 Å². The van der Waals surface area contributed by atoms with Gasteiger partial charge in [-0.05, 0) is 49.8 Å². The van der Waals surface area contributed by atoms with Crippen LogP contribution < -0.4 is 15.4 Å². The van der Waals surface area contributed by atoms with Gasteiger partial charge in [-0.3, -0.25) is 5.32 Å². The number of benzene rings is 1. The third-order valence-electron chi connectivity index (χ3n) is 3.99. The van der Waals surface area contributed by atoms with Gasteiger partial charge in [0.1, 0.15) is 10.6 Å². The van der Waals surface area contributed by atoms with Gasteiger partial charge in [0.15, 0.2) is 5.13 Å². The fourth-order valence-electron chi connectivity index (χ4n) is 2.31. The van der Waals surface area contributed by atoms with Gasteiger partial charge in [0.25, 0.3) is 0 Å². The van der Waals surface area contributed by atoms with E-state index in [2.05, 4.69) is 27.5 Å². The Hall–Kier alpha value is -2.56. The molecule has 7 heteroatoms. The number of hydrogen-bond donors (Lipinski definition) is 2. The molecule has 142 valence electrons. The van der Waals surface area contributed by atoms with E-state index in [0.29, 0.717) is 18.3 Å². The van der Waals surface area contributed by atoms with E-state index in [9.17, 15) is 4.79 Å². The van der Waals surface area contributed by atoms with Crippen LogP contribution in [0.1, 0.15) is 29.0 Å². The highest BCUT2D eigenvalue weighted by atomic mass is 32.1.